The van der Waals surface area contributed by atoms with E-state index in [0.717, 1.165) is 12.8 Å². The predicted octanol–water partition coefficient (Wildman–Crippen LogP) is 1.64. The summed E-state index contributed by atoms with van der Waals surface area (Å²) in [6, 6.07) is 0. The third-order valence-corrected chi connectivity index (χ3v) is 1.89. The number of aliphatic hydroxyl groups excluding tert-OH is 1. The first-order chi connectivity index (χ1) is 6.02. The number of hydrogen-bond acceptors (Lipinski definition) is 2. The molecule has 0 saturated carbocycles. The number of nitrogens with one attached hydrogen (secondary N) is 1. The molecule has 0 aliphatic heterocycles. The summed E-state index contributed by atoms with van der Waals surface area (Å²) < 4.78 is 25.0. The summed E-state index contributed by atoms with van der Waals surface area (Å²) in [6.45, 7) is 3.16. The zero-order valence-corrected chi connectivity index (χ0v) is 8.32. The highest BCUT2D eigenvalue weighted by molar-refractivity contribution is 4.68. The van der Waals surface area contributed by atoms with Crippen LogP contribution < -0.4 is 5.32 Å². The zero-order valence-electron chi connectivity index (χ0n) is 8.32. The third kappa shape index (κ3) is 6.90. The van der Waals surface area contributed by atoms with Crippen molar-refractivity contribution < 1.29 is 13.9 Å². The first kappa shape index (κ1) is 12.8. The summed E-state index contributed by atoms with van der Waals surface area (Å²) in [5.74, 6) is -2.56. The molecule has 0 fully saturated rings. The molecule has 1 atom stereocenters. The molecule has 0 aliphatic rings. The lowest BCUT2D eigenvalue weighted by atomic mass is 10.1. The van der Waals surface area contributed by atoms with Gasteiger partial charge in [-0.2, -0.15) is 0 Å². The Hall–Kier alpha value is -0.220. The molecule has 2 nitrogen and oxygen atoms in total. The normalized spacial score (nSPS) is 14.5. The molecule has 0 spiro atoms. The van der Waals surface area contributed by atoms with Crippen molar-refractivity contribution in [3.05, 3.63) is 0 Å². The standard InChI is InChI=1S/C9H19F2NO/c1-3-4-8(2)5-12-6-9(10,11)7-13/h8,12-13H,3-7H2,1-2H3. The molecule has 4 heteroatoms. The molecule has 0 heterocycles. The van der Waals surface area contributed by atoms with Gasteiger partial charge in [0.05, 0.1) is 6.54 Å². The third-order valence-electron chi connectivity index (χ3n) is 1.89. The van der Waals surface area contributed by atoms with E-state index in [9.17, 15) is 8.78 Å². The topological polar surface area (TPSA) is 32.3 Å². The summed E-state index contributed by atoms with van der Waals surface area (Å²) >= 11 is 0. The van der Waals surface area contributed by atoms with Crippen LogP contribution in [-0.4, -0.2) is 30.7 Å². The van der Waals surface area contributed by atoms with E-state index in [0.29, 0.717) is 12.5 Å². The molecule has 0 amide bonds. The van der Waals surface area contributed by atoms with Gasteiger partial charge in [-0.05, 0) is 18.9 Å². The second-order valence-corrected chi connectivity index (χ2v) is 3.54. The molecule has 0 radical (unpaired) electrons. The van der Waals surface area contributed by atoms with E-state index < -0.39 is 19.1 Å². The van der Waals surface area contributed by atoms with Gasteiger partial charge in [0.15, 0.2) is 0 Å². The van der Waals surface area contributed by atoms with Crippen molar-refractivity contribution in [2.24, 2.45) is 5.92 Å². The van der Waals surface area contributed by atoms with Crippen molar-refractivity contribution >= 4 is 0 Å². The molecule has 0 saturated heterocycles. The van der Waals surface area contributed by atoms with Gasteiger partial charge in [-0.3, -0.25) is 0 Å². The fourth-order valence-corrected chi connectivity index (χ4v) is 1.15. The average Bonchev–Trinajstić information content (AvgIpc) is 2.05. The Morgan fingerprint density at radius 1 is 1.46 bits per heavy atom. The van der Waals surface area contributed by atoms with Gasteiger partial charge in [0, 0.05) is 0 Å². The summed E-state index contributed by atoms with van der Waals surface area (Å²) in [6.07, 6.45) is 2.11. The van der Waals surface area contributed by atoms with Gasteiger partial charge in [-0.1, -0.05) is 20.3 Å². The van der Waals surface area contributed by atoms with Crippen molar-refractivity contribution in [3.63, 3.8) is 0 Å². The molecular weight excluding hydrogens is 176 g/mol. The molecule has 13 heavy (non-hydrogen) atoms. The van der Waals surface area contributed by atoms with E-state index in [1.165, 1.54) is 0 Å². The van der Waals surface area contributed by atoms with Crippen LogP contribution in [0, 0.1) is 5.92 Å². The van der Waals surface area contributed by atoms with Crippen LogP contribution in [0.2, 0.25) is 0 Å². The Balaban J connectivity index is 3.44. The number of alkyl halides is 2. The van der Waals surface area contributed by atoms with Crippen LogP contribution in [0.1, 0.15) is 26.7 Å². The monoisotopic (exact) mass is 195 g/mol. The van der Waals surface area contributed by atoms with Crippen LogP contribution in [0.3, 0.4) is 0 Å². The van der Waals surface area contributed by atoms with Gasteiger partial charge in [0.2, 0.25) is 0 Å². The quantitative estimate of drug-likeness (QED) is 0.647. The highest BCUT2D eigenvalue weighted by Gasteiger charge is 2.26. The SMILES string of the molecule is CCCC(C)CNCC(F)(F)CO. The van der Waals surface area contributed by atoms with E-state index in [1.54, 1.807) is 0 Å². The van der Waals surface area contributed by atoms with Crippen molar-refractivity contribution in [1.29, 1.82) is 0 Å². The molecule has 80 valence electrons. The van der Waals surface area contributed by atoms with Gasteiger partial charge in [0.1, 0.15) is 6.61 Å². The molecular formula is C9H19F2NO. The maximum absolute atomic E-state index is 12.5. The molecule has 0 aromatic heterocycles. The smallest absolute Gasteiger partial charge is 0.282 e. The highest BCUT2D eigenvalue weighted by atomic mass is 19.3. The number of rotatable bonds is 7. The maximum atomic E-state index is 12.5. The minimum atomic E-state index is -2.98. The zero-order chi connectivity index (χ0) is 10.3. The lowest BCUT2D eigenvalue weighted by Crippen LogP contribution is -2.37. The van der Waals surface area contributed by atoms with Crippen LogP contribution in [0.15, 0.2) is 0 Å². The summed E-state index contributed by atoms with van der Waals surface area (Å²) in [7, 11) is 0. The average molecular weight is 195 g/mol. The molecule has 0 rings (SSSR count). The van der Waals surface area contributed by atoms with E-state index in [4.69, 9.17) is 5.11 Å². The Bertz CT molecular complexity index is 131. The minimum Gasteiger partial charge on any atom is -0.390 e. The first-order valence-electron chi connectivity index (χ1n) is 4.71. The van der Waals surface area contributed by atoms with Gasteiger partial charge in [0.25, 0.3) is 5.92 Å². The van der Waals surface area contributed by atoms with Gasteiger partial charge < -0.3 is 10.4 Å². The Kier molecular flexibility index (Phi) is 6.16. The lowest BCUT2D eigenvalue weighted by molar-refractivity contribution is -0.0479. The number of aliphatic hydroxyl groups is 1. The Morgan fingerprint density at radius 2 is 2.08 bits per heavy atom. The van der Waals surface area contributed by atoms with Crippen LogP contribution >= 0.6 is 0 Å². The molecule has 0 aromatic carbocycles. The van der Waals surface area contributed by atoms with Gasteiger partial charge in [-0.25, -0.2) is 8.78 Å². The summed E-state index contributed by atoms with van der Waals surface area (Å²) in [5.41, 5.74) is 0. The lowest BCUT2D eigenvalue weighted by Gasteiger charge is -2.16. The Morgan fingerprint density at radius 3 is 2.54 bits per heavy atom. The maximum Gasteiger partial charge on any atom is 0.282 e. The van der Waals surface area contributed by atoms with Crippen LogP contribution in [-0.2, 0) is 0 Å². The largest absolute Gasteiger partial charge is 0.390 e. The predicted molar refractivity (Wildman–Crippen MR) is 49.0 cm³/mol. The fraction of sp³-hybridized carbons (Fsp3) is 1.00. The number of halogens is 2. The van der Waals surface area contributed by atoms with Crippen LogP contribution in [0.5, 0.6) is 0 Å². The second-order valence-electron chi connectivity index (χ2n) is 3.54. The van der Waals surface area contributed by atoms with Gasteiger partial charge in [-0.15, -0.1) is 0 Å². The molecule has 0 aromatic rings. The highest BCUT2D eigenvalue weighted by Crippen LogP contribution is 2.10. The van der Waals surface area contributed by atoms with E-state index in [2.05, 4.69) is 12.2 Å². The van der Waals surface area contributed by atoms with E-state index in [-0.39, 0.29) is 0 Å². The minimum absolute atomic E-state index is 0.416. The summed E-state index contributed by atoms with van der Waals surface area (Å²) in [4.78, 5) is 0. The second kappa shape index (κ2) is 6.27. The number of hydrogen-bond donors (Lipinski definition) is 2. The van der Waals surface area contributed by atoms with Gasteiger partial charge >= 0.3 is 0 Å². The van der Waals surface area contributed by atoms with Crippen molar-refractivity contribution in [2.75, 3.05) is 19.7 Å². The van der Waals surface area contributed by atoms with Crippen molar-refractivity contribution in [3.8, 4) is 0 Å². The molecule has 0 aliphatic carbocycles. The molecule has 2 N–H and O–H groups in total. The molecule has 0 bridgehead atoms. The van der Waals surface area contributed by atoms with E-state index >= 15 is 0 Å². The van der Waals surface area contributed by atoms with Crippen LogP contribution in [0.4, 0.5) is 8.78 Å². The van der Waals surface area contributed by atoms with E-state index in [1.807, 2.05) is 6.92 Å². The van der Waals surface area contributed by atoms with Crippen LogP contribution in [0.25, 0.3) is 0 Å². The first-order valence-corrected chi connectivity index (χ1v) is 4.71. The summed E-state index contributed by atoms with van der Waals surface area (Å²) in [5, 5.41) is 10.9. The van der Waals surface area contributed by atoms with Crippen molar-refractivity contribution in [1.82, 2.24) is 5.32 Å². The fourth-order valence-electron chi connectivity index (χ4n) is 1.15. The van der Waals surface area contributed by atoms with Crippen molar-refractivity contribution in [2.45, 2.75) is 32.6 Å². The molecule has 1 unspecified atom stereocenters. The Labute approximate surface area is 78.3 Å².